The zero-order valence-corrected chi connectivity index (χ0v) is 12.3. The van der Waals surface area contributed by atoms with Gasteiger partial charge in [-0.05, 0) is 46.3 Å². The van der Waals surface area contributed by atoms with E-state index in [2.05, 4.69) is 25.6 Å². The number of hydrogen-bond acceptors (Lipinski definition) is 4. The van der Waals surface area contributed by atoms with Crippen molar-refractivity contribution in [1.29, 1.82) is 0 Å². The molecule has 0 saturated heterocycles. The maximum Gasteiger partial charge on any atom is 0.335 e. The van der Waals surface area contributed by atoms with Crippen LogP contribution < -0.4 is 4.72 Å². The SMILES string of the molecule is O=C(O)c1cccc(S(=O)(=O)Nc2ccc(Br)cn2)c1. The molecule has 0 saturated carbocycles. The molecule has 0 atom stereocenters. The minimum Gasteiger partial charge on any atom is -0.478 e. The van der Waals surface area contributed by atoms with E-state index in [1.54, 1.807) is 6.07 Å². The Labute approximate surface area is 123 Å². The summed E-state index contributed by atoms with van der Waals surface area (Å²) in [7, 11) is -3.87. The maximum atomic E-state index is 12.1. The van der Waals surface area contributed by atoms with E-state index in [-0.39, 0.29) is 16.3 Å². The number of nitrogens with zero attached hydrogens (tertiary/aromatic N) is 1. The third-order valence-electron chi connectivity index (χ3n) is 2.36. The van der Waals surface area contributed by atoms with Crippen molar-refractivity contribution < 1.29 is 18.3 Å². The van der Waals surface area contributed by atoms with E-state index in [1.165, 1.54) is 30.5 Å². The van der Waals surface area contributed by atoms with E-state index < -0.39 is 16.0 Å². The van der Waals surface area contributed by atoms with Crippen LogP contribution in [0.2, 0.25) is 0 Å². The van der Waals surface area contributed by atoms with Gasteiger partial charge in [0.1, 0.15) is 5.82 Å². The smallest absolute Gasteiger partial charge is 0.335 e. The second-order valence-electron chi connectivity index (χ2n) is 3.80. The van der Waals surface area contributed by atoms with Gasteiger partial charge in [-0.25, -0.2) is 18.2 Å². The molecule has 0 aliphatic heterocycles. The number of carboxylic acids is 1. The number of halogens is 1. The van der Waals surface area contributed by atoms with Crippen molar-refractivity contribution in [2.24, 2.45) is 0 Å². The van der Waals surface area contributed by atoms with Gasteiger partial charge < -0.3 is 5.11 Å². The second-order valence-corrected chi connectivity index (χ2v) is 6.40. The van der Waals surface area contributed by atoms with E-state index in [1.807, 2.05) is 0 Å². The van der Waals surface area contributed by atoms with Gasteiger partial charge in [0.25, 0.3) is 10.0 Å². The fourth-order valence-electron chi connectivity index (χ4n) is 1.43. The van der Waals surface area contributed by atoms with E-state index in [0.29, 0.717) is 4.47 Å². The molecule has 1 aromatic carbocycles. The van der Waals surface area contributed by atoms with Crippen LogP contribution in [0.5, 0.6) is 0 Å². The van der Waals surface area contributed by atoms with Crippen LogP contribution in [0.1, 0.15) is 10.4 Å². The van der Waals surface area contributed by atoms with Crippen LogP contribution in [0, 0.1) is 0 Å². The number of anilines is 1. The molecule has 0 amide bonds. The number of carboxylic acid groups (broad SMARTS) is 1. The molecular formula is C12H9BrN2O4S. The molecule has 1 heterocycles. The number of benzene rings is 1. The van der Waals surface area contributed by atoms with Crippen LogP contribution in [0.3, 0.4) is 0 Å². The monoisotopic (exact) mass is 356 g/mol. The summed E-state index contributed by atoms with van der Waals surface area (Å²) in [5.74, 6) is -1.04. The number of hydrogen-bond donors (Lipinski definition) is 2. The lowest BCUT2D eigenvalue weighted by Gasteiger charge is -2.07. The van der Waals surface area contributed by atoms with Gasteiger partial charge in [-0.15, -0.1) is 0 Å². The summed E-state index contributed by atoms with van der Waals surface area (Å²) >= 11 is 3.19. The fourth-order valence-corrected chi connectivity index (χ4v) is 2.72. The number of aromatic nitrogens is 1. The molecule has 0 aliphatic rings. The average molecular weight is 357 g/mol. The van der Waals surface area contributed by atoms with Gasteiger partial charge in [0.15, 0.2) is 0 Å². The van der Waals surface area contributed by atoms with E-state index in [4.69, 9.17) is 5.11 Å². The van der Waals surface area contributed by atoms with Crippen LogP contribution in [0.25, 0.3) is 0 Å². The van der Waals surface area contributed by atoms with Gasteiger partial charge >= 0.3 is 5.97 Å². The standard InChI is InChI=1S/C12H9BrN2O4S/c13-9-4-5-11(14-7-9)15-20(18,19)10-3-1-2-8(6-10)12(16)17/h1-7H,(H,14,15)(H,16,17). The Morgan fingerprint density at radius 2 is 2.00 bits per heavy atom. The molecule has 0 spiro atoms. The number of nitrogens with one attached hydrogen (secondary N) is 1. The van der Waals surface area contributed by atoms with Gasteiger partial charge in [-0.3, -0.25) is 4.72 Å². The van der Waals surface area contributed by atoms with Crippen molar-refractivity contribution in [2.45, 2.75) is 4.90 Å². The highest BCUT2D eigenvalue weighted by Gasteiger charge is 2.16. The molecule has 0 fully saturated rings. The van der Waals surface area contributed by atoms with E-state index in [0.717, 1.165) is 6.07 Å². The average Bonchev–Trinajstić information content (AvgIpc) is 2.41. The number of sulfonamides is 1. The van der Waals surface area contributed by atoms with Crippen molar-refractivity contribution in [1.82, 2.24) is 4.98 Å². The van der Waals surface area contributed by atoms with Gasteiger partial charge in [0, 0.05) is 10.7 Å². The molecule has 104 valence electrons. The second kappa shape index (κ2) is 5.59. The van der Waals surface area contributed by atoms with Crippen LogP contribution in [-0.4, -0.2) is 24.5 Å². The van der Waals surface area contributed by atoms with Crippen molar-refractivity contribution in [3.05, 3.63) is 52.6 Å². The van der Waals surface area contributed by atoms with Crippen LogP contribution >= 0.6 is 15.9 Å². The molecule has 0 unspecified atom stereocenters. The minimum atomic E-state index is -3.87. The van der Waals surface area contributed by atoms with Gasteiger partial charge in [0.2, 0.25) is 0 Å². The Morgan fingerprint density at radius 1 is 1.25 bits per heavy atom. The van der Waals surface area contributed by atoms with Gasteiger partial charge in [0.05, 0.1) is 10.5 Å². The predicted molar refractivity (Wildman–Crippen MR) is 76.1 cm³/mol. The van der Waals surface area contributed by atoms with Gasteiger partial charge in [-0.2, -0.15) is 0 Å². The Kier molecular flexibility index (Phi) is 4.05. The molecule has 2 N–H and O–H groups in total. The third-order valence-corrected chi connectivity index (χ3v) is 4.18. The van der Waals surface area contributed by atoms with Crippen LogP contribution in [-0.2, 0) is 10.0 Å². The fraction of sp³-hybridized carbons (Fsp3) is 0. The lowest BCUT2D eigenvalue weighted by Crippen LogP contribution is -2.14. The number of pyridine rings is 1. The lowest BCUT2D eigenvalue weighted by atomic mass is 10.2. The van der Waals surface area contributed by atoms with Crippen molar-refractivity contribution >= 4 is 37.7 Å². The van der Waals surface area contributed by atoms with Gasteiger partial charge in [-0.1, -0.05) is 6.07 Å². The van der Waals surface area contributed by atoms with E-state index >= 15 is 0 Å². The zero-order valence-electron chi connectivity index (χ0n) is 9.95. The molecule has 20 heavy (non-hydrogen) atoms. The quantitative estimate of drug-likeness (QED) is 0.876. The number of rotatable bonds is 4. The molecule has 6 nitrogen and oxygen atoms in total. The van der Waals surface area contributed by atoms with Crippen molar-refractivity contribution in [3.63, 3.8) is 0 Å². The first kappa shape index (κ1) is 14.5. The largest absolute Gasteiger partial charge is 0.478 e. The first-order valence-electron chi connectivity index (χ1n) is 5.36. The lowest BCUT2D eigenvalue weighted by molar-refractivity contribution is 0.0696. The summed E-state index contributed by atoms with van der Waals surface area (Å²) in [4.78, 5) is 14.6. The summed E-state index contributed by atoms with van der Waals surface area (Å²) in [6.07, 6.45) is 1.45. The summed E-state index contributed by atoms with van der Waals surface area (Å²) in [6.45, 7) is 0. The Balaban J connectivity index is 2.33. The van der Waals surface area contributed by atoms with Crippen molar-refractivity contribution in [3.8, 4) is 0 Å². The zero-order chi connectivity index (χ0) is 14.8. The summed E-state index contributed by atoms with van der Waals surface area (Å²) in [5, 5.41) is 8.86. The topological polar surface area (TPSA) is 96.4 Å². The first-order chi connectivity index (χ1) is 9.38. The van der Waals surface area contributed by atoms with Crippen molar-refractivity contribution in [2.75, 3.05) is 4.72 Å². The number of aromatic carboxylic acids is 1. The predicted octanol–water partition coefficient (Wildman–Crippen LogP) is 2.34. The maximum absolute atomic E-state index is 12.1. The molecule has 0 radical (unpaired) electrons. The Morgan fingerprint density at radius 3 is 2.60 bits per heavy atom. The molecule has 2 aromatic rings. The molecule has 0 aliphatic carbocycles. The highest BCUT2D eigenvalue weighted by Crippen LogP contribution is 2.17. The van der Waals surface area contributed by atoms with Crippen LogP contribution in [0.15, 0.2) is 52.0 Å². The normalized spacial score (nSPS) is 11.1. The Hall–Kier alpha value is -1.93. The summed E-state index contributed by atoms with van der Waals surface area (Å²) in [5.41, 5.74) is -0.100. The third kappa shape index (κ3) is 3.34. The molecule has 2 rings (SSSR count). The van der Waals surface area contributed by atoms with Crippen LogP contribution in [0.4, 0.5) is 5.82 Å². The first-order valence-corrected chi connectivity index (χ1v) is 7.64. The molecule has 8 heteroatoms. The minimum absolute atomic E-state index is 0.100. The Bertz CT molecular complexity index is 744. The number of carbonyl (C=O) groups is 1. The highest BCUT2D eigenvalue weighted by atomic mass is 79.9. The molecular weight excluding hydrogens is 348 g/mol. The summed E-state index contributed by atoms with van der Waals surface area (Å²) < 4.78 is 27.2. The summed E-state index contributed by atoms with van der Waals surface area (Å²) in [6, 6.07) is 8.21. The molecule has 1 aromatic heterocycles. The highest BCUT2D eigenvalue weighted by molar-refractivity contribution is 9.10. The van der Waals surface area contributed by atoms with E-state index in [9.17, 15) is 13.2 Å². The molecule has 0 bridgehead atoms.